The Morgan fingerprint density at radius 3 is 2.52 bits per heavy atom. The summed E-state index contributed by atoms with van der Waals surface area (Å²) in [6.07, 6.45) is 1.34. The molecule has 114 valence electrons. The summed E-state index contributed by atoms with van der Waals surface area (Å²) >= 11 is 0. The van der Waals surface area contributed by atoms with Crippen LogP contribution in [0.4, 0.5) is 4.39 Å². The van der Waals surface area contributed by atoms with E-state index < -0.39 is 11.1 Å². The first-order valence-electron chi connectivity index (χ1n) is 6.77. The molecule has 1 aromatic rings. The van der Waals surface area contributed by atoms with E-state index in [1.165, 1.54) is 19.2 Å². The van der Waals surface area contributed by atoms with Crippen molar-refractivity contribution < 1.29 is 14.0 Å². The fraction of sp³-hybridized carbons (Fsp3) is 0.467. The van der Waals surface area contributed by atoms with Crippen molar-refractivity contribution in [2.45, 2.75) is 23.9 Å². The molecular formula is C15H20FN3O2. The van der Waals surface area contributed by atoms with Crippen molar-refractivity contribution >= 4 is 12.3 Å². The van der Waals surface area contributed by atoms with E-state index in [9.17, 15) is 14.0 Å². The molecule has 2 amide bonds. The first-order valence-corrected chi connectivity index (χ1v) is 6.77. The molecule has 0 heterocycles. The molecule has 6 heteroatoms. The quantitative estimate of drug-likeness (QED) is 0.782. The van der Waals surface area contributed by atoms with Crippen LogP contribution in [0.25, 0.3) is 0 Å². The van der Waals surface area contributed by atoms with Crippen LogP contribution in [-0.2, 0) is 15.1 Å². The molecule has 0 radical (unpaired) electrons. The summed E-state index contributed by atoms with van der Waals surface area (Å²) in [7, 11) is 5.31. The molecule has 1 aliphatic carbocycles. The largest absolute Gasteiger partial charge is 0.357 e. The SMILES string of the molecule is CNC(=O)C1(NC=O)CC(c2cccc(F)c2)(N(C)C)C1. The first-order chi connectivity index (χ1) is 9.90. The van der Waals surface area contributed by atoms with Crippen molar-refractivity contribution in [3.8, 4) is 0 Å². The predicted octanol–water partition coefficient (Wildman–Crippen LogP) is 0.607. The summed E-state index contributed by atoms with van der Waals surface area (Å²) in [5.41, 5.74) is -0.600. The van der Waals surface area contributed by atoms with Crippen LogP contribution in [0, 0.1) is 5.82 Å². The molecule has 0 atom stereocenters. The number of carbonyl (C=O) groups is 2. The van der Waals surface area contributed by atoms with E-state index >= 15 is 0 Å². The fourth-order valence-electron chi connectivity index (χ4n) is 3.18. The fourth-order valence-corrected chi connectivity index (χ4v) is 3.18. The number of hydrogen-bond acceptors (Lipinski definition) is 3. The number of benzene rings is 1. The maximum atomic E-state index is 13.5. The molecule has 2 rings (SSSR count). The van der Waals surface area contributed by atoms with Crippen LogP contribution in [0.1, 0.15) is 18.4 Å². The standard InChI is InChI=1S/C15H20FN3O2/c1-17-13(21)14(18-10-20)8-15(9-14,19(2)3)11-5-4-6-12(16)7-11/h4-7,10H,8-9H2,1-3H3,(H,17,21)(H,18,20). The summed E-state index contributed by atoms with van der Waals surface area (Å²) < 4.78 is 13.5. The number of hydrogen-bond donors (Lipinski definition) is 2. The van der Waals surface area contributed by atoms with Crippen LogP contribution >= 0.6 is 0 Å². The monoisotopic (exact) mass is 293 g/mol. The molecule has 0 bridgehead atoms. The van der Waals surface area contributed by atoms with Gasteiger partial charge in [-0.25, -0.2) is 4.39 Å². The second kappa shape index (κ2) is 5.44. The van der Waals surface area contributed by atoms with Crippen LogP contribution in [-0.4, -0.2) is 43.9 Å². The minimum Gasteiger partial charge on any atom is -0.357 e. The van der Waals surface area contributed by atoms with Crippen LogP contribution in [0.2, 0.25) is 0 Å². The maximum Gasteiger partial charge on any atom is 0.245 e. The Balaban J connectivity index is 2.37. The lowest BCUT2D eigenvalue weighted by atomic mass is 9.58. The van der Waals surface area contributed by atoms with Gasteiger partial charge in [-0.2, -0.15) is 0 Å². The third kappa shape index (κ3) is 2.40. The minimum atomic E-state index is -0.937. The van der Waals surface area contributed by atoms with E-state index in [-0.39, 0.29) is 11.7 Å². The number of nitrogens with zero attached hydrogens (tertiary/aromatic N) is 1. The molecule has 1 aromatic carbocycles. The highest BCUT2D eigenvalue weighted by Crippen LogP contribution is 2.51. The molecule has 5 nitrogen and oxygen atoms in total. The van der Waals surface area contributed by atoms with E-state index in [1.807, 2.05) is 25.1 Å². The van der Waals surface area contributed by atoms with Crippen LogP contribution in [0.15, 0.2) is 24.3 Å². The van der Waals surface area contributed by atoms with Crippen LogP contribution in [0.5, 0.6) is 0 Å². The highest BCUT2D eigenvalue weighted by atomic mass is 19.1. The third-order valence-electron chi connectivity index (χ3n) is 4.40. The third-order valence-corrected chi connectivity index (χ3v) is 4.40. The molecule has 1 aliphatic rings. The topological polar surface area (TPSA) is 61.4 Å². The molecule has 0 saturated heterocycles. The number of nitrogens with one attached hydrogen (secondary N) is 2. The van der Waals surface area contributed by atoms with Gasteiger partial charge in [0.05, 0.1) is 5.54 Å². The Morgan fingerprint density at radius 1 is 1.38 bits per heavy atom. The van der Waals surface area contributed by atoms with Crippen molar-refractivity contribution in [2.75, 3.05) is 21.1 Å². The Bertz CT molecular complexity index is 554. The first kappa shape index (κ1) is 15.4. The summed E-state index contributed by atoms with van der Waals surface area (Å²) in [4.78, 5) is 24.9. The Morgan fingerprint density at radius 2 is 2.05 bits per heavy atom. The van der Waals surface area contributed by atoms with Crippen molar-refractivity contribution in [2.24, 2.45) is 0 Å². The molecule has 2 N–H and O–H groups in total. The van der Waals surface area contributed by atoms with E-state index in [2.05, 4.69) is 10.6 Å². The van der Waals surface area contributed by atoms with Crippen molar-refractivity contribution in [1.29, 1.82) is 0 Å². The Labute approximate surface area is 123 Å². The second-order valence-electron chi connectivity index (χ2n) is 5.71. The summed E-state index contributed by atoms with van der Waals surface area (Å²) in [6.45, 7) is 0. The lowest BCUT2D eigenvalue weighted by Crippen LogP contribution is -2.72. The van der Waals surface area contributed by atoms with E-state index in [0.717, 1.165) is 5.56 Å². The van der Waals surface area contributed by atoms with Crippen molar-refractivity contribution in [1.82, 2.24) is 15.5 Å². The number of amides is 2. The van der Waals surface area contributed by atoms with Gasteiger partial charge in [0.1, 0.15) is 11.4 Å². The van der Waals surface area contributed by atoms with Gasteiger partial charge in [0, 0.05) is 19.9 Å². The second-order valence-corrected chi connectivity index (χ2v) is 5.71. The molecule has 21 heavy (non-hydrogen) atoms. The van der Waals surface area contributed by atoms with E-state index in [0.29, 0.717) is 19.3 Å². The number of halogens is 1. The lowest BCUT2D eigenvalue weighted by Gasteiger charge is -2.58. The van der Waals surface area contributed by atoms with Gasteiger partial charge < -0.3 is 10.6 Å². The maximum absolute atomic E-state index is 13.5. The number of likely N-dealkylation sites (N-methyl/N-ethyl adjacent to an activating group) is 1. The van der Waals surface area contributed by atoms with Crippen molar-refractivity contribution in [3.05, 3.63) is 35.6 Å². The normalized spacial score (nSPS) is 27.9. The summed E-state index contributed by atoms with van der Waals surface area (Å²) in [5.74, 6) is -0.544. The molecule has 0 spiro atoms. The zero-order valence-corrected chi connectivity index (χ0v) is 12.4. The van der Waals surface area contributed by atoms with Gasteiger partial charge in [-0.3, -0.25) is 14.5 Å². The van der Waals surface area contributed by atoms with E-state index in [4.69, 9.17) is 0 Å². The highest BCUT2D eigenvalue weighted by molar-refractivity contribution is 5.90. The van der Waals surface area contributed by atoms with Gasteiger partial charge in [-0.15, -0.1) is 0 Å². The van der Waals surface area contributed by atoms with Gasteiger partial charge in [-0.1, -0.05) is 12.1 Å². The molecular weight excluding hydrogens is 273 g/mol. The molecule has 1 fully saturated rings. The Kier molecular flexibility index (Phi) is 4.00. The lowest BCUT2D eigenvalue weighted by molar-refractivity contribution is -0.143. The van der Waals surface area contributed by atoms with Crippen LogP contribution in [0.3, 0.4) is 0 Å². The van der Waals surface area contributed by atoms with Crippen molar-refractivity contribution in [3.63, 3.8) is 0 Å². The summed E-state index contributed by atoms with van der Waals surface area (Å²) in [5, 5.41) is 5.21. The zero-order chi connectivity index (χ0) is 15.7. The number of rotatable bonds is 5. The van der Waals surface area contributed by atoms with Gasteiger partial charge >= 0.3 is 0 Å². The average Bonchev–Trinajstić information content (AvgIpc) is 2.41. The molecule has 0 unspecified atom stereocenters. The molecule has 0 aliphatic heterocycles. The van der Waals surface area contributed by atoms with E-state index in [1.54, 1.807) is 6.07 Å². The smallest absolute Gasteiger partial charge is 0.245 e. The predicted molar refractivity (Wildman–Crippen MR) is 77.0 cm³/mol. The van der Waals surface area contributed by atoms with Gasteiger partial charge in [0.15, 0.2) is 0 Å². The minimum absolute atomic E-state index is 0.233. The molecule has 1 saturated carbocycles. The Hall–Kier alpha value is -1.95. The molecule has 0 aromatic heterocycles. The zero-order valence-electron chi connectivity index (χ0n) is 12.4. The van der Waals surface area contributed by atoms with Gasteiger partial charge in [0.2, 0.25) is 12.3 Å². The summed E-state index contributed by atoms with van der Waals surface area (Å²) in [6, 6.07) is 6.37. The highest BCUT2D eigenvalue weighted by Gasteiger charge is 2.60. The van der Waals surface area contributed by atoms with Crippen LogP contribution < -0.4 is 10.6 Å². The number of carbonyl (C=O) groups excluding carboxylic acids is 2. The van der Waals surface area contributed by atoms with Gasteiger partial charge in [0.25, 0.3) is 0 Å². The van der Waals surface area contributed by atoms with Gasteiger partial charge in [-0.05, 0) is 31.8 Å². The average molecular weight is 293 g/mol.